The third-order valence-corrected chi connectivity index (χ3v) is 6.41. The number of amides is 2. The lowest BCUT2D eigenvalue weighted by molar-refractivity contribution is -0.135. The van der Waals surface area contributed by atoms with Gasteiger partial charge in [0.25, 0.3) is 5.56 Å². The normalized spacial score (nSPS) is 21.8. The lowest BCUT2D eigenvalue weighted by Crippen LogP contribution is -2.40. The van der Waals surface area contributed by atoms with Gasteiger partial charge in [0.15, 0.2) is 5.65 Å². The van der Waals surface area contributed by atoms with E-state index in [0.717, 1.165) is 43.6 Å². The molecule has 0 aromatic carbocycles. The van der Waals surface area contributed by atoms with Gasteiger partial charge in [-0.1, -0.05) is 13.8 Å². The number of likely N-dealkylation sites (tertiary alicyclic amines) is 1. The molecule has 2 aliphatic heterocycles. The Morgan fingerprint density at radius 1 is 1.21 bits per heavy atom. The number of nitrogens with one attached hydrogen (secondary N) is 1. The zero-order chi connectivity index (χ0) is 20.3. The summed E-state index contributed by atoms with van der Waals surface area (Å²) < 4.78 is 1.48. The van der Waals surface area contributed by atoms with Crippen LogP contribution in [0.1, 0.15) is 62.5 Å². The standard InChI is InChI=1S/C21H27N5O3/c1-12(2)19(27)25-8-3-4-17(25)16-10-18-22-15-7-9-24(20(28)13-5-6-13)11-14(15)21(29)26(18)23-16/h10,12-13,17,23H,3-9,11H2,1-2H3. The zero-order valence-electron chi connectivity index (χ0n) is 17.0. The molecule has 1 atom stereocenters. The van der Waals surface area contributed by atoms with E-state index in [0.29, 0.717) is 30.7 Å². The van der Waals surface area contributed by atoms with Crippen LogP contribution in [-0.2, 0) is 22.6 Å². The van der Waals surface area contributed by atoms with Gasteiger partial charge in [0.05, 0.1) is 29.5 Å². The molecule has 1 aliphatic carbocycles. The first-order valence-electron chi connectivity index (χ1n) is 10.7. The molecule has 8 nitrogen and oxygen atoms in total. The number of carbonyl (C=O) groups is 2. The quantitative estimate of drug-likeness (QED) is 0.852. The molecule has 154 valence electrons. The van der Waals surface area contributed by atoms with Crippen molar-refractivity contribution < 1.29 is 9.59 Å². The van der Waals surface area contributed by atoms with Gasteiger partial charge in [-0.15, -0.1) is 0 Å². The minimum Gasteiger partial charge on any atom is -0.337 e. The Kier molecular flexibility index (Phi) is 4.26. The SMILES string of the molecule is CC(C)C(=O)N1CCCC1c1cc2nc3c(c(=O)n2[nH]1)CN(C(=O)C1CC1)CC3. The summed E-state index contributed by atoms with van der Waals surface area (Å²) in [6, 6.07) is 1.86. The zero-order valence-corrected chi connectivity index (χ0v) is 17.0. The predicted octanol–water partition coefficient (Wildman–Crippen LogP) is 1.64. The lowest BCUT2D eigenvalue weighted by Gasteiger charge is -2.27. The van der Waals surface area contributed by atoms with Gasteiger partial charge >= 0.3 is 0 Å². The molecule has 1 saturated heterocycles. The Hall–Kier alpha value is -2.64. The summed E-state index contributed by atoms with van der Waals surface area (Å²) in [6.07, 6.45) is 4.37. The van der Waals surface area contributed by atoms with Crippen LogP contribution in [0.15, 0.2) is 10.9 Å². The Bertz CT molecular complexity index is 1050. The Morgan fingerprint density at radius 3 is 2.72 bits per heavy atom. The Balaban J connectivity index is 1.49. The molecule has 8 heteroatoms. The highest BCUT2D eigenvalue weighted by molar-refractivity contribution is 5.81. The van der Waals surface area contributed by atoms with Gasteiger partial charge in [-0.05, 0) is 25.7 Å². The van der Waals surface area contributed by atoms with Crippen molar-refractivity contribution in [3.8, 4) is 0 Å². The molecule has 2 fully saturated rings. The van der Waals surface area contributed by atoms with Crippen LogP contribution in [0.2, 0.25) is 0 Å². The molecule has 3 aliphatic rings. The maximum atomic E-state index is 13.2. The maximum absolute atomic E-state index is 13.2. The lowest BCUT2D eigenvalue weighted by atomic mass is 10.1. The fourth-order valence-electron chi connectivity index (χ4n) is 4.63. The van der Waals surface area contributed by atoms with Crippen molar-refractivity contribution in [2.24, 2.45) is 11.8 Å². The van der Waals surface area contributed by atoms with Crippen LogP contribution in [0.5, 0.6) is 0 Å². The first-order valence-corrected chi connectivity index (χ1v) is 10.7. The molecule has 0 spiro atoms. The molecule has 4 heterocycles. The largest absolute Gasteiger partial charge is 0.337 e. The number of H-pyrrole nitrogens is 1. The number of aromatic nitrogens is 3. The van der Waals surface area contributed by atoms with Crippen molar-refractivity contribution in [2.45, 2.75) is 58.5 Å². The molecule has 2 aromatic heterocycles. The first-order chi connectivity index (χ1) is 13.9. The van der Waals surface area contributed by atoms with Crippen LogP contribution in [-0.4, -0.2) is 49.3 Å². The molecule has 2 amide bonds. The van der Waals surface area contributed by atoms with E-state index >= 15 is 0 Å². The van der Waals surface area contributed by atoms with Gasteiger partial charge in [0.1, 0.15) is 0 Å². The van der Waals surface area contributed by atoms with Crippen molar-refractivity contribution in [1.82, 2.24) is 24.4 Å². The van der Waals surface area contributed by atoms with E-state index in [1.165, 1.54) is 4.52 Å². The van der Waals surface area contributed by atoms with E-state index in [1.807, 2.05) is 24.8 Å². The monoisotopic (exact) mass is 397 g/mol. The van der Waals surface area contributed by atoms with E-state index in [-0.39, 0.29) is 35.3 Å². The summed E-state index contributed by atoms with van der Waals surface area (Å²) in [5.74, 6) is 0.407. The highest BCUT2D eigenvalue weighted by Crippen LogP contribution is 2.34. The number of nitrogens with zero attached hydrogens (tertiary/aromatic N) is 4. The second-order valence-corrected chi connectivity index (χ2v) is 8.88. The molecule has 1 unspecified atom stereocenters. The number of aromatic amines is 1. The third kappa shape index (κ3) is 3.05. The fourth-order valence-corrected chi connectivity index (χ4v) is 4.63. The summed E-state index contributed by atoms with van der Waals surface area (Å²) >= 11 is 0. The summed E-state index contributed by atoms with van der Waals surface area (Å²) in [5.41, 5.74) is 2.72. The molecule has 1 saturated carbocycles. The van der Waals surface area contributed by atoms with Crippen molar-refractivity contribution in [1.29, 1.82) is 0 Å². The van der Waals surface area contributed by atoms with Crippen molar-refractivity contribution >= 4 is 17.5 Å². The van der Waals surface area contributed by atoms with Gasteiger partial charge in [-0.25, -0.2) is 9.50 Å². The molecular weight excluding hydrogens is 370 g/mol. The highest BCUT2D eigenvalue weighted by Gasteiger charge is 2.36. The molecule has 5 rings (SSSR count). The van der Waals surface area contributed by atoms with Gasteiger partial charge in [-0.3, -0.25) is 19.5 Å². The maximum Gasteiger partial charge on any atom is 0.277 e. The van der Waals surface area contributed by atoms with E-state index in [2.05, 4.69) is 5.10 Å². The highest BCUT2D eigenvalue weighted by atomic mass is 16.2. The van der Waals surface area contributed by atoms with Crippen molar-refractivity contribution in [3.05, 3.63) is 33.4 Å². The molecular formula is C21H27N5O3. The van der Waals surface area contributed by atoms with E-state index in [9.17, 15) is 14.4 Å². The number of carbonyl (C=O) groups excluding carboxylic acids is 2. The molecule has 29 heavy (non-hydrogen) atoms. The molecule has 0 bridgehead atoms. The van der Waals surface area contributed by atoms with Crippen molar-refractivity contribution in [2.75, 3.05) is 13.1 Å². The Labute approximate surface area is 168 Å². The topological polar surface area (TPSA) is 90.8 Å². The number of fused-ring (bicyclic) bond motifs is 2. The van der Waals surface area contributed by atoms with Crippen LogP contribution >= 0.6 is 0 Å². The van der Waals surface area contributed by atoms with Gasteiger partial charge in [0, 0.05) is 37.4 Å². The number of rotatable bonds is 3. The van der Waals surface area contributed by atoms with Crippen LogP contribution < -0.4 is 5.56 Å². The second kappa shape index (κ2) is 6.71. The van der Waals surface area contributed by atoms with E-state index < -0.39 is 0 Å². The van der Waals surface area contributed by atoms with Gasteiger partial charge in [-0.2, -0.15) is 0 Å². The van der Waals surface area contributed by atoms with Crippen LogP contribution in [0.25, 0.3) is 5.65 Å². The van der Waals surface area contributed by atoms with Gasteiger partial charge < -0.3 is 9.80 Å². The van der Waals surface area contributed by atoms with Crippen LogP contribution in [0.4, 0.5) is 0 Å². The van der Waals surface area contributed by atoms with Crippen molar-refractivity contribution in [3.63, 3.8) is 0 Å². The fraction of sp³-hybridized carbons (Fsp3) is 0.619. The summed E-state index contributed by atoms with van der Waals surface area (Å²) in [7, 11) is 0. The molecule has 2 aromatic rings. The predicted molar refractivity (Wildman–Crippen MR) is 106 cm³/mol. The molecule has 0 radical (unpaired) electrons. The Morgan fingerprint density at radius 2 is 2.00 bits per heavy atom. The van der Waals surface area contributed by atoms with E-state index in [4.69, 9.17) is 4.98 Å². The average molecular weight is 397 g/mol. The smallest absolute Gasteiger partial charge is 0.277 e. The average Bonchev–Trinajstić information content (AvgIpc) is 3.29. The summed E-state index contributed by atoms with van der Waals surface area (Å²) in [6.45, 7) is 5.54. The van der Waals surface area contributed by atoms with Crippen LogP contribution in [0, 0.1) is 11.8 Å². The summed E-state index contributed by atoms with van der Waals surface area (Å²) in [4.78, 5) is 46.6. The minimum absolute atomic E-state index is 0.0454. The third-order valence-electron chi connectivity index (χ3n) is 6.41. The number of hydrogen-bond acceptors (Lipinski definition) is 4. The van der Waals surface area contributed by atoms with E-state index in [1.54, 1.807) is 4.90 Å². The second-order valence-electron chi connectivity index (χ2n) is 8.88. The van der Waals surface area contributed by atoms with Gasteiger partial charge in [0.2, 0.25) is 11.8 Å². The first kappa shape index (κ1) is 18.4. The summed E-state index contributed by atoms with van der Waals surface area (Å²) in [5, 5.41) is 3.20. The molecule has 1 N–H and O–H groups in total. The number of hydrogen-bond donors (Lipinski definition) is 1. The minimum atomic E-state index is -0.135. The van der Waals surface area contributed by atoms with Crippen LogP contribution in [0.3, 0.4) is 0 Å².